The molecule has 0 amide bonds. The zero-order chi connectivity index (χ0) is 8.55. The lowest BCUT2D eigenvalue weighted by atomic mass is 10.6. The maximum Gasteiger partial charge on any atom is 0.244 e. The van der Waals surface area contributed by atoms with Gasteiger partial charge in [0.2, 0.25) is 4.77 Å². The highest BCUT2D eigenvalue weighted by Gasteiger charge is 2.01. The summed E-state index contributed by atoms with van der Waals surface area (Å²) in [6.07, 6.45) is 1.82. The van der Waals surface area contributed by atoms with Crippen LogP contribution in [0.25, 0.3) is 5.82 Å². The summed E-state index contributed by atoms with van der Waals surface area (Å²) < 4.78 is 3.57. The van der Waals surface area contributed by atoms with Gasteiger partial charge < -0.3 is 0 Å². The zero-order valence-electron chi connectivity index (χ0n) is 6.30. The Morgan fingerprint density at radius 2 is 2.42 bits per heavy atom. The number of hydrogen-bond acceptors (Lipinski definition) is 4. The Balaban J connectivity index is 2.58. The van der Waals surface area contributed by atoms with Crippen LogP contribution in [0.15, 0.2) is 12.3 Å². The molecule has 2 rings (SSSR count). The first-order chi connectivity index (χ1) is 5.77. The lowest BCUT2D eigenvalue weighted by Crippen LogP contribution is -1.99. The third-order valence-electron chi connectivity index (χ3n) is 1.40. The first-order valence-corrected chi connectivity index (χ1v) is 3.68. The van der Waals surface area contributed by atoms with Gasteiger partial charge in [-0.3, -0.25) is 4.68 Å². The van der Waals surface area contributed by atoms with Crippen LogP contribution in [0.1, 0.15) is 0 Å². The molecule has 0 bridgehead atoms. The molecule has 62 valence electrons. The van der Waals surface area contributed by atoms with Gasteiger partial charge in [0.25, 0.3) is 0 Å². The normalized spacial score (nSPS) is 10.4. The Labute approximate surface area is 72.8 Å². The van der Waals surface area contributed by atoms with Gasteiger partial charge in [-0.05, 0) is 12.2 Å². The van der Waals surface area contributed by atoms with Gasteiger partial charge in [-0.15, -0.1) is 0 Å². The largest absolute Gasteiger partial charge is 0.274 e. The highest BCUT2D eigenvalue weighted by Crippen LogP contribution is 1.99. The van der Waals surface area contributed by atoms with E-state index in [1.807, 2.05) is 19.3 Å². The Morgan fingerprint density at radius 1 is 1.58 bits per heavy atom. The summed E-state index contributed by atoms with van der Waals surface area (Å²) in [5.74, 6) is 0.688. The minimum atomic E-state index is 0.369. The molecule has 2 aromatic rings. The van der Waals surface area contributed by atoms with Gasteiger partial charge >= 0.3 is 0 Å². The first-order valence-electron chi connectivity index (χ1n) is 3.27. The van der Waals surface area contributed by atoms with Crippen LogP contribution in [0.5, 0.6) is 0 Å². The Morgan fingerprint density at radius 3 is 2.92 bits per heavy atom. The monoisotopic (exact) mass is 182 g/mol. The summed E-state index contributed by atoms with van der Waals surface area (Å²) in [4.78, 5) is 0. The molecule has 2 aromatic heterocycles. The van der Waals surface area contributed by atoms with Crippen molar-refractivity contribution < 1.29 is 0 Å². The summed E-state index contributed by atoms with van der Waals surface area (Å²) >= 11 is 4.89. The van der Waals surface area contributed by atoms with Gasteiger partial charge in [-0.2, -0.15) is 15.0 Å². The maximum absolute atomic E-state index is 4.89. The summed E-state index contributed by atoms with van der Waals surface area (Å²) in [7, 11) is 1.83. The molecular weight excluding hydrogens is 176 g/mol. The number of nitrogens with one attached hydrogen (secondary N) is 1. The number of nitrogens with zero attached hydrogens (tertiary/aromatic N) is 5. The quantitative estimate of drug-likeness (QED) is 0.633. The van der Waals surface area contributed by atoms with Crippen LogP contribution in [-0.2, 0) is 7.05 Å². The van der Waals surface area contributed by atoms with Crippen LogP contribution in [0.3, 0.4) is 0 Å². The standard InChI is InChI=1S/C5H6N6S/c1-10-3-2-4(7-10)11-5(12)6-8-9-11/h2-3H,1H3,(H,6,9,12). The molecule has 0 saturated heterocycles. The molecule has 7 heteroatoms. The van der Waals surface area contributed by atoms with E-state index in [1.165, 1.54) is 4.68 Å². The second kappa shape index (κ2) is 2.52. The van der Waals surface area contributed by atoms with Crippen molar-refractivity contribution in [2.45, 2.75) is 0 Å². The van der Waals surface area contributed by atoms with E-state index in [4.69, 9.17) is 12.2 Å². The van der Waals surface area contributed by atoms with Gasteiger partial charge in [0.15, 0.2) is 5.82 Å². The smallest absolute Gasteiger partial charge is 0.244 e. The Bertz CT molecular complexity index is 436. The van der Waals surface area contributed by atoms with E-state index in [-0.39, 0.29) is 0 Å². The van der Waals surface area contributed by atoms with Crippen LogP contribution in [0.4, 0.5) is 0 Å². The van der Waals surface area contributed by atoms with E-state index < -0.39 is 0 Å². The summed E-state index contributed by atoms with van der Waals surface area (Å²) in [5.41, 5.74) is 0. The molecule has 0 atom stereocenters. The van der Waals surface area contributed by atoms with Crippen molar-refractivity contribution in [3.8, 4) is 5.82 Å². The average Bonchev–Trinajstić information content (AvgIpc) is 2.58. The Kier molecular flexibility index (Phi) is 1.51. The van der Waals surface area contributed by atoms with Crippen molar-refractivity contribution in [2.75, 3.05) is 0 Å². The fourth-order valence-corrected chi connectivity index (χ4v) is 1.04. The van der Waals surface area contributed by atoms with Crippen molar-refractivity contribution in [2.24, 2.45) is 7.05 Å². The van der Waals surface area contributed by atoms with Gasteiger partial charge in [-0.25, -0.2) is 0 Å². The van der Waals surface area contributed by atoms with Gasteiger partial charge in [0.1, 0.15) is 0 Å². The van der Waals surface area contributed by atoms with Crippen LogP contribution in [0.2, 0.25) is 0 Å². The molecule has 0 aliphatic rings. The molecule has 0 unspecified atom stereocenters. The summed E-state index contributed by atoms with van der Waals surface area (Å²) in [6.45, 7) is 0. The predicted octanol–water partition coefficient (Wildman–Crippen LogP) is 0.0584. The zero-order valence-corrected chi connectivity index (χ0v) is 7.12. The van der Waals surface area contributed by atoms with E-state index in [0.29, 0.717) is 10.6 Å². The van der Waals surface area contributed by atoms with E-state index in [1.54, 1.807) is 4.68 Å². The molecule has 0 aliphatic carbocycles. The van der Waals surface area contributed by atoms with E-state index in [2.05, 4.69) is 20.6 Å². The minimum absolute atomic E-state index is 0.369. The third kappa shape index (κ3) is 1.03. The number of aryl methyl sites for hydroxylation is 1. The fourth-order valence-electron chi connectivity index (χ4n) is 0.869. The minimum Gasteiger partial charge on any atom is -0.274 e. The predicted molar refractivity (Wildman–Crippen MR) is 43.3 cm³/mol. The number of H-pyrrole nitrogens is 1. The number of aromatic nitrogens is 6. The molecule has 0 radical (unpaired) electrons. The average molecular weight is 182 g/mol. The van der Waals surface area contributed by atoms with Crippen molar-refractivity contribution in [1.82, 2.24) is 30.0 Å². The van der Waals surface area contributed by atoms with Crippen LogP contribution in [0, 0.1) is 4.77 Å². The third-order valence-corrected chi connectivity index (χ3v) is 1.66. The molecule has 1 N–H and O–H groups in total. The number of tetrazole rings is 1. The van der Waals surface area contributed by atoms with Crippen molar-refractivity contribution in [3.05, 3.63) is 17.0 Å². The molecule has 6 nitrogen and oxygen atoms in total. The molecule has 0 aromatic carbocycles. The van der Waals surface area contributed by atoms with Gasteiger partial charge in [-0.1, -0.05) is 10.3 Å². The lowest BCUT2D eigenvalue weighted by Gasteiger charge is -1.91. The van der Waals surface area contributed by atoms with Gasteiger partial charge in [0.05, 0.1) is 0 Å². The highest BCUT2D eigenvalue weighted by molar-refractivity contribution is 7.71. The number of aromatic amines is 1. The first kappa shape index (κ1) is 7.17. The van der Waals surface area contributed by atoms with E-state index in [9.17, 15) is 0 Å². The van der Waals surface area contributed by atoms with E-state index in [0.717, 1.165) is 0 Å². The van der Waals surface area contributed by atoms with Crippen molar-refractivity contribution >= 4 is 12.2 Å². The van der Waals surface area contributed by atoms with Gasteiger partial charge in [0, 0.05) is 19.3 Å². The topological polar surface area (TPSA) is 64.3 Å². The second-order valence-electron chi connectivity index (χ2n) is 2.27. The highest BCUT2D eigenvalue weighted by atomic mass is 32.1. The lowest BCUT2D eigenvalue weighted by molar-refractivity contribution is 0.711. The van der Waals surface area contributed by atoms with Crippen LogP contribution in [-0.4, -0.2) is 30.0 Å². The molecule has 0 saturated carbocycles. The number of rotatable bonds is 1. The molecule has 12 heavy (non-hydrogen) atoms. The maximum atomic E-state index is 4.89. The SMILES string of the molecule is Cn1ccc(-n2[nH]nnc2=S)n1. The van der Waals surface area contributed by atoms with Crippen LogP contribution >= 0.6 is 12.2 Å². The van der Waals surface area contributed by atoms with Crippen LogP contribution < -0.4 is 0 Å². The molecular formula is C5H6N6S. The summed E-state index contributed by atoms with van der Waals surface area (Å²) in [5, 5.41) is 13.9. The molecule has 2 heterocycles. The molecule has 0 fully saturated rings. The van der Waals surface area contributed by atoms with E-state index >= 15 is 0 Å². The fraction of sp³-hybridized carbons (Fsp3) is 0.200. The molecule has 0 aliphatic heterocycles. The Hall–Kier alpha value is -1.50. The number of hydrogen-bond donors (Lipinski definition) is 1. The van der Waals surface area contributed by atoms with Crippen molar-refractivity contribution in [1.29, 1.82) is 0 Å². The second-order valence-corrected chi connectivity index (χ2v) is 2.63. The van der Waals surface area contributed by atoms with Crippen molar-refractivity contribution in [3.63, 3.8) is 0 Å². The summed E-state index contributed by atoms with van der Waals surface area (Å²) in [6, 6.07) is 1.82. The molecule has 0 spiro atoms.